The van der Waals surface area contributed by atoms with Gasteiger partial charge >= 0.3 is 0 Å². The third-order valence-electron chi connectivity index (χ3n) is 3.70. The first kappa shape index (κ1) is 11.6. The maximum Gasteiger partial charge on any atom is 0.120 e. The molecule has 1 aliphatic rings. The van der Waals surface area contributed by atoms with E-state index in [9.17, 15) is 0 Å². The second kappa shape index (κ2) is 4.97. The molecule has 0 aromatic carbocycles. The zero-order valence-electron chi connectivity index (χ0n) is 10.4. The van der Waals surface area contributed by atoms with E-state index in [1.54, 1.807) is 6.20 Å². The Morgan fingerprint density at radius 1 is 1.56 bits per heavy atom. The molecule has 16 heavy (non-hydrogen) atoms. The van der Waals surface area contributed by atoms with Crippen molar-refractivity contribution >= 4 is 0 Å². The first-order valence-electron chi connectivity index (χ1n) is 6.08. The second-order valence-electron chi connectivity index (χ2n) is 5.02. The van der Waals surface area contributed by atoms with Crippen LogP contribution in [0.5, 0.6) is 0 Å². The van der Waals surface area contributed by atoms with Gasteiger partial charge in [0.25, 0.3) is 0 Å². The normalized spacial score (nSPS) is 31.8. The number of hydrogen-bond acceptors (Lipinski definition) is 3. The van der Waals surface area contributed by atoms with Crippen LogP contribution in [0.2, 0.25) is 0 Å². The lowest BCUT2D eigenvalue weighted by Crippen LogP contribution is -2.50. The van der Waals surface area contributed by atoms with Crippen molar-refractivity contribution in [1.82, 2.24) is 20.2 Å². The summed E-state index contributed by atoms with van der Waals surface area (Å²) in [6, 6.07) is 1.28. The average molecular weight is 222 g/mol. The van der Waals surface area contributed by atoms with Gasteiger partial charge in [-0.2, -0.15) is 0 Å². The highest BCUT2D eigenvalue weighted by molar-refractivity contribution is 4.90. The standard InChI is InChI=1S/C12H22N4/c1-9-8-16(3)10(2)6-11(9)15-7-12-13-4-5-14-12/h4-5,9-11,15H,6-8H2,1-3H3,(H,13,14). The number of likely N-dealkylation sites (tertiary alicyclic amines) is 1. The highest BCUT2D eigenvalue weighted by atomic mass is 15.2. The molecule has 0 radical (unpaired) electrons. The Labute approximate surface area is 97.4 Å². The van der Waals surface area contributed by atoms with Crippen molar-refractivity contribution in [3.05, 3.63) is 18.2 Å². The number of H-pyrrole nitrogens is 1. The van der Waals surface area contributed by atoms with Gasteiger partial charge in [-0.15, -0.1) is 0 Å². The molecule has 3 atom stereocenters. The number of nitrogens with zero attached hydrogens (tertiary/aromatic N) is 2. The van der Waals surface area contributed by atoms with Crippen molar-refractivity contribution in [2.75, 3.05) is 13.6 Å². The lowest BCUT2D eigenvalue weighted by Gasteiger charge is -2.40. The lowest BCUT2D eigenvalue weighted by molar-refractivity contribution is 0.121. The van der Waals surface area contributed by atoms with Crippen molar-refractivity contribution in [1.29, 1.82) is 0 Å². The van der Waals surface area contributed by atoms with E-state index >= 15 is 0 Å². The van der Waals surface area contributed by atoms with Gasteiger partial charge in [0.1, 0.15) is 5.82 Å². The quantitative estimate of drug-likeness (QED) is 0.808. The molecule has 1 saturated heterocycles. The number of aromatic nitrogens is 2. The molecule has 1 fully saturated rings. The molecular weight excluding hydrogens is 200 g/mol. The summed E-state index contributed by atoms with van der Waals surface area (Å²) in [6.07, 6.45) is 4.90. The fourth-order valence-electron chi connectivity index (χ4n) is 2.45. The topological polar surface area (TPSA) is 44.0 Å². The SMILES string of the molecule is CC1CN(C)C(C)CC1NCc1ncc[nH]1. The van der Waals surface area contributed by atoms with Crippen LogP contribution >= 0.6 is 0 Å². The van der Waals surface area contributed by atoms with Crippen LogP contribution < -0.4 is 5.32 Å². The monoisotopic (exact) mass is 222 g/mol. The largest absolute Gasteiger partial charge is 0.348 e. The van der Waals surface area contributed by atoms with E-state index in [0.29, 0.717) is 18.0 Å². The van der Waals surface area contributed by atoms with Crippen LogP contribution in [0.1, 0.15) is 26.1 Å². The number of nitrogens with one attached hydrogen (secondary N) is 2. The van der Waals surface area contributed by atoms with Crippen molar-refractivity contribution < 1.29 is 0 Å². The molecule has 2 rings (SSSR count). The van der Waals surface area contributed by atoms with Crippen LogP contribution in [0.4, 0.5) is 0 Å². The van der Waals surface area contributed by atoms with Crippen molar-refractivity contribution in [2.24, 2.45) is 5.92 Å². The van der Waals surface area contributed by atoms with Crippen LogP contribution in [0.25, 0.3) is 0 Å². The number of hydrogen-bond donors (Lipinski definition) is 2. The first-order chi connectivity index (χ1) is 7.66. The van der Waals surface area contributed by atoms with E-state index in [4.69, 9.17) is 0 Å². The van der Waals surface area contributed by atoms with Crippen molar-refractivity contribution in [3.63, 3.8) is 0 Å². The summed E-state index contributed by atoms with van der Waals surface area (Å²) in [5.41, 5.74) is 0. The molecule has 0 saturated carbocycles. The van der Waals surface area contributed by atoms with Gasteiger partial charge in [-0.3, -0.25) is 0 Å². The summed E-state index contributed by atoms with van der Waals surface area (Å²) in [5, 5.41) is 3.60. The fourth-order valence-corrected chi connectivity index (χ4v) is 2.45. The minimum absolute atomic E-state index is 0.608. The number of rotatable bonds is 3. The van der Waals surface area contributed by atoms with Crippen LogP contribution in [-0.4, -0.2) is 40.5 Å². The van der Waals surface area contributed by atoms with Gasteiger partial charge < -0.3 is 15.2 Å². The molecule has 4 heteroatoms. The zero-order chi connectivity index (χ0) is 11.5. The molecule has 2 heterocycles. The molecule has 1 aromatic heterocycles. The van der Waals surface area contributed by atoms with Crippen molar-refractivity contribution in [2.45, 2.75) is 38.9 Å². The third-order valence-corrected chi connectivity index (χ3v) is 3.70. The van der Waals surface area contributed by atoms with Crippen LogP contribution in [-0.2, 0) is 6.54 Å². The van der Waals surface area contributed by atoms with Gasteiger partial charge in [-0.25, -0.2) is 4.98 Å². The average Bonchev–Trinajstić information content (AvgIpc) is 2.74. The van der Waals surface area contributed by atoms with Crippen molar-refractivity contribution in [3.8, 4) is 0 Å². The van der Waals surface area contributed by atoms with E-state index in [0.717, 1.165) is 12.4 Å². The predicted octanol–water partition coefficient (Wildman–Crippen LogP) is 1.23. The minimum Gasteiger partial charge on any atom is -0.348 e. The van der Waals surface area contributed by atoms with Gasteiger partial charge in [-0.1, -0.05) is 6.92 Å². The maximum atomic E-state index is 4.23. The van der Waals surface area contributed by atoms with Gasteiger partial charge in [0.15, 0.2) is 0 Å². The summed E-state index contributed by atoms with van der Waals surface area (Å²) in [7, 11) is 2.21. The Morgan fingerprint density at radius 3 is 3.06 bits per heavy atom. The number of imidazole rings is 1. The summed E-state index contributed by atoms with van der Waals surface area (Å²) in [6.45, 7) is 6.64. The molecule has 0 spiro atoms. The Morgan fingerprint density at radius 2 is 2.38 bits per heavy atom. The zero-order valence-corrected chi connectivity index (χ0v) is 10.4. The molecule has 0 bridgehead atoms. The van der Waals surface area contributed by atoms with E-state index in [1.807, 2.05) is 6.20 Å². The van der Waals surface area contributed by atoms with Gasteiger partial charge in [0.2, 0.25) is 0 Å². The predicted molar refractivity (Wildman–Crippen MR) is 65.1 cm³/mol. The van der Waals surface area contributed by atoms with E-state index in [-0.39, 0.29) is 0 Å². The number of aromatic amines is 1. The molecule has 0 amide bonds. The molecule has 90 valence electrons. The summed E-state index contributed by atoms with van der Waals surface area (Å²) in [4.78, 5) is 9.80. The minimum atomic E-state index is 0.608. The Bertz CT molecular complexity index is 309. The van der Waals surface area contributed by atoms with Crippen LogP contribution in [0, 0.1) is 5.92 Å². The first-order valence-corrected chi connectivity index (χ1v) is 6.08. The Kier molecular flexibility index (Phi) is 3.61. The highest BCUT2D eigenvalue weighted by Gasteiger charge is 2.28. The van der Waals surface area contributed by atoms with Crippen LogP contribution in [0.3, 0.4) is 0 Å². The molecule has 1 aliphatic heterocycles. The van der Waals surface area contributed by atoms with E-state index in [2.05, 4.69) is 41.1 Å². The second-order valence-corrected chi connectivity index (χ2v) is 5.02. The Hall–Kier alpha value is -0.870. The molecule has 1 aromatic rings. The number of piperidine rings is 1. The fraction of sp³-hybridized carbons (Fsp3) is 0.750. The summed E-state index contributed by atoms with van der Waals surface area (Å²) < 4.78 is 0. The van der Waals surface area contributed by atoms with Gasteiger partial charge in [0, 0.05) is 31.0 Å². The van der Waals surface area contributed by atoms with E-state index in [1.165, 1.54) is 13.0 Å². The summed E-state index contributed by atoms with van der Waals surface area (Å²) >= 11 is 0. The molecule has 4 nitrogen and oxygen atoms in total. The van der Waals surface area contributed by atoms with E-state index < -0.39 is 0 Å². The molecule has 0 aliphatic carbocycles. The molecular formula is C12H22N4. The maximum absolute atomic E-state index is 4.23. The summed E-state index contributed by atoms with van der Waals surface area (Å²) in [5.74, 6) is 1.73. The van der Waals surface area contributed by atoms with Gasteiger partial charge in [0.05, 0.1) is 6.54 Å². The van der Waals surface area contributed by atoms with Gasteiger partial charge in [-0.05, 0) is 26.3 Å². The smallest absolute Gasteiger partial charge is 0.120 e. The van der Waals surface area contributed by atoms with Crippen LogP contribution in [0.15, 0.2) is 12.4 Å². The third kappa shape index (κ3) is 2.62. The molecule has 3 unspecified atom stereocenters. The Balaban J connectivity index is 1.85. The lowest BCUT2D eigenvalue weighted by atomic mass is 9.90. The molecule has 2 N–H and O–H groups in total. The highest BCUT2D eigenvalue weighted by Crippen LogP contribution is 2.20.